The first kappa shape index (κ1) is 17.2. The molecule has 1 saturated carbocycles. The zero-order chi connectivity index (χ0) is 19.5. The Balaban J connectivity index is 1.82. The van der Waals surface area contributed by atoms with Gasteiger partial charge in [0.1, 0.15) is 0 Å². The molecule has 0 radical (unpaired) electrons. The summed E-state index contributed by atoms with van der Waals surface area (Å²) < 4.78 is 16.1. The third kappa shape index (κ3) is 2.00. The Bertz CT molecular complexity index is 899. The van der Waals surface area contributed by atoms with Crippen molar-refractivity contribution in [3.05, 3.63) is 82.9 Å². The molecule has 3 aliphatic rings. The number of hydrogen-bond acceptors (Lipinski definition) is 5. The molecule has 0 amide bonds. The summed E-state index contributed by atoms with van der Waals surface area (Å²) >= 11 is 0. The number of methoxy groups -OCH3 is 2. The van der Waals surface area contributed by atoms with Gasteiger partial charge in [0.25, 0.3) is 0 Å². The molecule has 0 N–H and O–H groups in total. The van der Waals surface area contributed by atoms with Crippen molar-refractivity contribution in [1.29, 1.82) is 0 Å². The highest BCUT2D eigenvalue weighted by atomic mass is 16.6. The van der Waals surface area contributed by atoms with Gasteiger partial charge in [-0.15, -0.1) is 0 Å². The number of ether oxygens (including phenoxy) is 3. The third-order valence-electron chi connectivity index (χ3n) is 6.43. The van der Waals surface area contributed by atoms with Gasteiger partial charge in [-0.2, -0.15) is 0 Å². The molecule has 0 aromatic heterocycles. The van der Waals surface area contributed by atoms with Crippen LogP contribution in [0.4, 0.5) is 0 Å². The fourth-order valence-electron chi connectivity index (χ4n) is 5.51. The lowest BCUT2D eigenvalue weighted by molar-refractivity contribution is -0.139. The predicted octanol–water partition coefficient (Wildman–Crippen LogP) is 2.64. The summed E-state index contributed by atoms with van der Waals surface area (Å²) in [5.74, 6) is -1.57. The van der Waals surface area contributed by atoms with Crippen LogP contribution in [0.15, 0.2) is 71.8 Å². The molecule has 5 nitrogen and oxygen atoms in total. The van der Waals surface area contributed by atoms with Crippen LogP contribution in [0.2, 0.25) is 0 Å². The van der Waals surface area contributed by atoms with E-state index in [4.69, 9.17) is 14.2 Å². The summed E-state index contributed by atoms with van der Waals surface area (Å²) in [5.41, 5.74) is 2.35. The fourth-order valence-corrected chi connectivity index (χ4v) is 5.51. The zero-order valence-electron chi connectivity index (χ0n) is 15.6. The molecule has 1 aliphatic heterocycles. The topological polar surface area (TPSA) is 65.1 Å². The molecule has 142 valence electrons. The van der Waals surface area contributed by atoms with Gasteiger partial charge in [-0.25, -0.2) is 9.59 Å². The fraction of sp³-hybridized carbons (Fsp3) is 0.304. The molecular formula is C23H20O5. The standard InChI is InChI=1S/C23H20O5/c1-26-21(24)15-16(22(25)27-2)18-20-19(28-20)17(15)23(18,13-9-5-3-6-10-13)14-11-7-4-8-12-14/h3-12,17-20H,1-2H3/t17-,18+,19-,20+. The van der Waals surface area contributed by atoms with Crippen molar-refractivity contribution in [2.45, 2.75) is 17.6 Å². The van der Waals surface area contributed by atoms with Gasteiger partial charge in [-0.05, 0) is 11.1 Å². The van der Waals surface area contributed by atoms with Crippen molar-refractivity contribution < 1.29 is 23.8 Å². The largest absolute Gasteiger partial charge is 0.466 e. The van der Waals surface area contributed by atoms with E-state index in [0.717, 1.165) is 11.1 Å². The molecule has 2 aromatic carbocycles. The lowest BCUT2D eigenvalue weighted by atomic mass is 9.64. The molecule has 1 saturated heterocycles. The first-order chi connectivity index (χ1) is 13.7. The summed E-state index contributed by atoms with van der Waals surface area (Å²) in [6.07, 6.45) is -0.208. The number of fused-ring (bicyclic) bond motifs is 5. The summed E-state index contributed by atoms with van der Waals surface area (Å²) in [6.45, 7) is 0. The highest BCUT2D eigenvalue weighted by Gasteiger charge is 2.77. The van der Waals surface area contributed by atoms with Gasteiger partial charge in [0.2, 0.25) is 0 Å². The number of rotatable bonds is 4. The molecule has 28 heavy (non-hydrogen) atoms. The van der Waals surface area contributed by atoms with E-state index < -0.39 is 17.4 Å². The minimum atomic E-state index is -0.566. The van der Waals surface area contributed by atoms with Crippen LogP contribution in [-0.4, -0.2) is 38.4 Å². The molecule has 2 aromatic rings. The monoisotopic (exact) mass is 376 g/mol. The van der Waals surface area contributed by atoms with Crippen LogP contribution in [0.3, 0.4) is 0 Å². The Kier molecular flexibility index (Phi) is 3.71. The van der Waals surface area contributed by atoms with Crippen molar-refractivity contribution in [2.75, 3.05) is 14.2 Å². The molecular weight excluding hydrogens is 356 g/mol. The Morgan fingerprint density at radius 2 is 1.14 bits per heavy atom. The third-order valence-corrected chi connectivity index (χ3v) is 6.43. The van der Waals surface area contributed by atoms with E-state index in [0.29, 0.717) is 11.1 Å². The number of benzene rings is 2. The Morgan fingerprint density at radius 3 is 1.50 bits per heavy atom. The highest BCUT2D eigenvalue weighted by molar-refractivity contribution is 6.04. The number of carbonyl (C=O) groups excluding carboxylic acids is 2. The second-order valence-electron chi connectivity index (χ2n) is 7.43. The molecule has 0 spiro atoms. The average molecular weight is 376 g/mol. The van der Waals surface area contributed by atoms with Gasteiger partial charge in [-0.3, -0.25) is 0 Å². The molecule has 2 fully saturated rings. The van der Waals surface area contributed by atoms with Crippen LogP contribution in [0.1, 0.15) is 11.1 Å². The summed E-state index contributed by atoms with van der Waals surface area (Å²) in [5, 5.41) is 0. The van der Waals surface area contributed by atoms with Crippen molar-refractivity contribution in [2.24, 2.45) is 11.8 Å². The van der Waals surface area contributed by atoms with Gasteiger partial charge in [-0.1, -0.05) is 60.7 Å². The van der Waals surface area contributed by atoms with Crippen molar-refractivity contribution in [3.63, 3.8) is 0 Å². The smallest absolute Gasteiger partial charge is 0.334 e. The normalized spacial score (nSPS) is 28.6. The second-order valence-corrected chi connectivity index (χ2v) is 7.43. The van der Waals surface area contributed by atoms with Gasteiger partial charge >= 0.3 is 11.9 Å². The zero-order valence-corrected chi connectivity index (χ0v) is 15.6. The van der Waals surface area contributed by atoms with E-state index in [2.05, 4.69) is 24.3 Å². The molecule has 5 rings (SSSR count). The summed E-state index contributed by atoms with van der Waals surface area (Å²) in [7, 11) is 2.68. The van der Waals surface area contributed by atoms with Crippen LogP contribution in [0.25, 0.3) is 0 Å². The molecule has 2 bridgehead atoms. The molecule has 1 heterocycles. The lowest BCUT2D eigenvalue weighted by Gasteiger charge is -2.38. The molecule has 5 heteroatoms. The van der Waals surface area contributed by atoms with Gasteiger partial charge < -0.3 is 14.2 Å². The lowest BCUT2D eigenvalue weighted by Crippen LogP contribution is -2.40. The quantitative estimate of drug-likeness (QED) is 0.606. The van der Waals surface area contributed by atoms with Gasteiger partial charge in [0, 0.05) is 17.3 Å². The first-order valence-electron chi connectivity index (χ1n) is 9.33. The number of esters is 2. The minimum Gasteiger partial charge on any atom is -0.466 e. The van der Waals surface area contributed by atoms with Crippen LogP contribution >= 0.6 is 0 Å². The SMILES string of the molecule is COC(=O)C1=C(C(=O)OC)[C@H]2[C@@H]3O[C@@H]3[C@@H]1C2(c1ccccc1)c1ccccc1. The number of epoxide rings is 1. The Hall–Kier alpha value is -2.92. The number of carbonyl (C=O) groups is 2. The van der Waals surface area contributed by atoms with E-state index in [1.807, 2.05) is 36.4 Å². The predicted molar refractivity (Wildman–Crippen MR) is 100 cm³/mol. The molecule has 0 unspecified atom stereocenters. The minimum absolute atomic E-state index is 0.104. The van der Waals surface area contributed by atoms with E-state index >= 15 is 0 Å². The van der Waals surface area contributed by atoms with Crippen molar-refractivity contribution in [3.8, 4) is 0 Å². The van der Waals surface area contributed by atoms with Crippen LogP contribution in [0.5, 0.6) is 0 Å². The van der Waals surface area contributed by atoms with E-state index in [-0.39, 0.29) is 24.0 Å². The number of hydrogen-bond donors (Lipinski definition) is 0. The maximum atomic E-state index is 12.8. The van der Waals surface area contributed by atoms with Crippen LogP contribution < -0.4 is 0 Å². The van der Waals surface area contributed by atoms with Crippen molar-refractivity contribution in [1.82, 2.24) is 0 Å². The van der Waals surface area contributed by atoms with Crippen molar-refractivity contribution >= 4 is 11.9 Å². The molecule has 2 aliphatic carbocycles. The maximum absolute atomic E-state index is 12.8. The van der Waals surface area contributed by atoms with E-state index in [9.17, 15) is 9.59 Å². The maximum Gasteiger partial charge on any atom is 0.334 e. The average Bonchev–Trinajstić information content (AvgIpc) is 3.43. The van der Waals surface area contributed by atoms with E-state index in [1.165, 1.54) is 14.2 Å². The van der Waals surface area contributed by atoms with Gasteiger partial charge in [0.15, 0.2) is 0 Å². The molecule has 4 atom stereocenters. The first-order valence-corrected chi connectivity index (χ1v) is 9.33. The Labute approximate surface area is 162 Å². The van der Waals surface area contributed by atoms with Crippen LogP contribution in [-0.2, 0) is 29.2 Å². The summed E-state index contributed by atoms with van der Waals surface area (Å²) in [6, 6.07) is 20.1. The van der Waals surface area contributed by atoms with E-state index in [1.54, 1.807) is 0 Å². The summed E-state index contributed by atoms with van der Waals surface area (Å²) in [4.78, 5) is 25.6. The van der Waals surface area contributed by atoms with Crippen LogP contribution in [0, 0.1) is 11.8 Å². The Morgan fingerprint density at radius 1 is 0.750 bits per heavy atom. The second kappa shape index (κ2) is 6.04. The van der Waals surface area contributed by atoms with Gasteiger partial charge in [0.05, 0.1) is 37.6 Å². The highest BCUT2D eigenvalue weighted by Crippen LogP contribution is 2.70.